The van der Waals surface area contributed by atoms with Gasteiger partial charge in [-0.25, -0.2) is 0 Å². The standard InChI is InChI=1S/C15H23N5OS/c1-19-14(8-10-21)16-17-15(19)22-11-12-7-9-20(18-12)13-5-3-2-4-6-13/h7,9,13,21H,2-6,8,10-11H2,1H3. The van der Waals surface area contributed by atoms with Crippen molar-refractivity contribution in [2.45, 2.75) is 55.5 Å². The van der Waals surface area contributed by atoms with Gasteiger partial charge in [-0.15, -0.1) is 10.2 Å². The maximum absolute atomic E-state index is 8.99. The SMILES string of the molecule is Cn1c(CCO)nnc1SCc1ccn(C2CCCCC2)n1. The summed E-state index contributed by atoms with van der Waals surface area (Å²) in [6.45, 7) is 0.0996. The number of aliphatic hydroxyl groups excluding tert-OH is 1. The van der Waals surface area contributed by atoms with Crippen LogP contribution in [-0.2, 0) is 19.2 Å². The molecule has 1 aliphatic carbocycles. The van der Waals surface area contributed by atoms with E-state index >= 15 is 0 Å². The predicted octanol–water partition coefficient (Wildman–Crippen LogP) is 2.34. The van der Waals surface area contributed by atoms with Crippen LogP contribution in [0.1, 0.15) is 49.7 Å². The van der Waals surface area contributed by atoms with E-state index in [2.05, 4.69) is 27.1 Å². The van der Waals surface area contributed by atoms with Crippen LogP contribution < -0.4 is 0 Å². The summed E-state index contributed by atoms with van der Waals surface area (Å²) in [5, 5.41) is 22.9. The fourth-order valence-corrected chi connectivity index (χ4v) is 3.76. The van der Waals surface area contributed by atoms with Crippen LogP contribution in [0.4, 0.5) is 0 Å². The van der Waals surface area contributed by atoms with Crippen LogP contribution in [0, 0.1) is 0 Å². The zero-order valence-electron chi connectivity index (χ0n) is 13.0. The maximum Gasteiger partial charge on any atom is 0.191 e. The lowest BCUT2D eigenvalue weighted by Crippen LogP contribution is -2.13. The van der Waals surface area contributed by atoms with Gasteiger partial charge in [0.05, 0.1) is 18.3 Å². The summed E-state index contributed by atoms with van der Waals surface area (Å²) in [6, 6.07) is 2.69. The van der Waals surface area contributed by atoms with Crippen LogP contribution in [0.3, 0.4) is 0 Å². The summed E-state index contributed by atoms with van der Waals surface area (Å²) in [7, 11) is 1.94. The van der Waals surface area contributed by atoms with E-state index in [1.165, 1.54) is 32.1 Å². The minimum Gasteiger partial charge on any atom is -0.396 e. The number of aromatic nitrogens is 5. The van der Waals surface area contributed by atoms with Gasteiger partial charge in [0.15, 0.2) is 5.16 Å². The van der Waals surface area contributed by atoms with Gasteiger partial charge in [0.25, 0.3) is 0 Å². The van der Waals surface area contributed by atoms with Crippen LogP contribution in [0.5, 0.6) is 0 Å². The smallest absolute Gasteiger partial charge is 0.191 e. The minimum absolute atomic E-state index is 0.0996. The van der Waals surface area contributed by atoms with Gasteiger partial charge in [-0.1, -0.05) is 31.0 Å². The normalized spacial score (nSPS) is 16.3. The van der Waals surface area contributed by atoms with E-state index in [4.69, 9.17) is 10.2 Å². The summed E-state index contributed by atoms with van der Waals surface area (Å²) in [6.07, 6.45) is 9.16. The summed E-state index contributed by atoms with van der Waals surface area (Å²) in [5.74, 6) is 1.61. The molecule has 1 N–H and O–H groups in total. The quantitative estimate of drug-likeness (QED) is 0.827. The summed E-state index contributed by atoms with van der Waals surface area (Å²) in [4.78, 5) is 0. The molecule has 0 spiro atoms. The second kappa shape index (κ2) is 7.28. The Kier molecular flexibility index (Phi) is 5.15. The Hall–Kier alpha value is -1.34. The topological polar surface area (TPSA) is 68.8 Å². The van der Waals surface area contributed by atoms with E-state index < -0.39 is 0 Å². The molecule has 0 amide bonds. The molecule has 0 radical (unpaired) electrons. The summed E-state index contributed by atoms with van der Waals surface area (Å²) < 4.78 is 4.09. The van der Waals surface area contributed by atoms with E-state index in [-0.39, 0.29) is 6.61 Å². The number of nitrogens with zero attached hydrogens (tertiary/aromatic N) is 5. The summed E-state index contributed by atoms with van der Waals surface area (Å²) >= 11 is 1.64. The fraction of sp³-hybridized carbons (Fsp3) is 0.667. The molecule has 2 aromatic heterocycles. The van der Waals surface area contributed by atoms with Gasteiger partial charge < -0.3 is 9.67 Å². The van der Waals surface area contributed by atoms with Crippen molar-refractivity contribution in [1.29, 1.82) is 0 Å². The van der Waals surface area contributed by atoms with E-state index in [0.29, 0.717) is 12.5 Å². The minimum atomic E-state index is 0.0996. The first-order valence-corrected chi connectivity index (χ1v) is 8.92. The molecule has 120 valence electrons. The molecule has 1 saturated carbocycles. The largest absolute Gasteiger partial charge is 0.396 e. The lowest BCUT2D eigenvalue weighted by atomic mass is 9.96. The second-order valence-corrected chi connectivity index (χ2v) is 6.74. The first-order chi connectivity index (χ1) is 10.8. The number of aliphatic hydroxyl groups is 1. The molecule has 7 heteroatoms. The first-order valence-electron chi connectivity index (χ1n) is 7.94. The van der Waals surface area contributed by atoms with Gasteiger partial charge in [0.2, 0.25) is 0 Å². The van der Waals surface area contributed by atoms with E-state index in [0.717, 1.165) is 22.4 Å². The van der Waals surface area contributed by atoms with Crippen molar-refractivity contribution in [3.63, 3.8) is 0 Å². The lowest BCUT2D eigenvalue weighted by Gasteiger charge is -2.21. The fourth-order valence-electron chi connectivity index (χ4n) is 2.93. The molecule has 22 heavy (non-hydrogen) atoms. The molecule has 0 saturated heterocycles. The predicted molar refractivity (Wildman–Crippen MR) is 85.7 cm³/mol. The Bertz CT molecular complexity index is 603. The van der Waals surface area contributed by atoms with Gasteiger partial charge in [0.1, 0.15) is 5.82 Å². The lowest BCUT2D eigenvalue weighted by molar-refractivity contribution is 0.295. The number of thioether (sulfide) groups is 1. The highest BCUT2D eigenvalue weighted by Crippen LogP contribution is 2.28. The van der Waals surface area contributed by atoms with E-state index in [9.17, 15) is 0 Å². The number of rotatable bonds is 6. The third-order valence-corrected chi connectivity index (χ3v) is 5.28. The van der Waals surface area contributed by atoms with Crippen LogP contribution in [0.15, 0.2) is 17.4 Å². The number of hydrogen-bond acceptors (Lipinski definition) is 5. The van der Waals surface area contributed by atoms with E-state index in [1.54, 1.807) is 11.8 Å². The third-order valence-electron chi connectivity index (χ3n) is 4.22. The Morgan fingerprint density at radius 2 is 2.09 bits per heavy atom. The zero-order chi connectivity index (χ0) is 15.4. The van der Waals surface area contributed by atoms with Gasteiger partial charge in [-0.3, -0.25) is 4.68 Å². The molecule has 0 aromatic carbocycles. The monoisotopic (exact) mass is 321 g/mol. The van der Waals surface area contributed by atoms with Gasteiger partial charge in [0, 0.05) is 25.4 Å². The first kappa shape index (κ1) is 15.6. The molecule has 0 atom stereocenters. The Morgan fingerprint density at radius 1 is 1.27 bits per heavy atom. The molecule has 2 heterocycles. The van der Waals surface area contributed by atoms with E-state index in [1.807, 2.05) is 11.6 Å². The third kappa shape index (κ3) is 3.52. The Morgan fingerprint density at radius 3 is 2.86 bits per heavy atom. The molecule has 0 unspecified atom stereocenters. The molecular formula is C15H23N5OS. The van der Waals surface area contributed by atoms with Gasteiger partial charge in [-0.2, -0.15) is 5.10 Å². The molecule has 2 aromatic rings. The van der Waals surface area contributed by atoms with Crippen molar-refractivity contribution in [1.82, 2.24) is 24.5 Å². The molecule has 1 fully saturated rings. The molecule has 0 aliphatic heterocycles. The van der Waals surface area contributed by atoms with Crippen LogP contribution in [0.2, 0.25) is 0 Å². The van der Waals surface area contributed by atoms with Crippen LogP contribution >= 0.6 is 11.8 Å². The van der Waals surface area contributed by atoms with Crippen molar-refractivity contribution >= 4 is 11.8 Å². The molecule has 6 nitrogen and oxygen atoms in total. The molecule has 3 rings (SSSR count). The maximum atomic E-state index is 8.99. The van der Waals surface area contributed by atoms with Crippen LogP contribution in [-0.4, -0.2) is 36.3 Å². The van der Waals surface area contributed by atoms with Crippen LogP contribution in [0.25, 0.3) is 0 Å². The van der Waals surface area contributed by atoms with Gasteiger partial charge >= 0.3 is 0 Å². The van der Waals surface area contributed by atoms with Crippen molar-refractivity contribution in [3.8, 4) is 0 Å². The van der Waals surface area contributed by atoms with Gasteiger partial charge in [-0.05, 0) is 18.9 Å². The average Bonchev–Trinajstić information content (AvgIpc) is 3.15. The second-order valence-electron chi connectivity index (χ2n) is 5.80. The van der Waals surface area contributed by atoms with Crippen molar-refractivity contribution in [2.24, 2.45) is 7.05 Å². The Labute approximate surface area is 134 Å². The van der Waals surface area contributed by atoms with Crippen molar-refractivity contribution < 1.29 is 5.11 Å². The highest BCUT2D eigenvalue weighted by atomic mass is 32.2. The number of hydrogen-bond donors (Lipinski definition) is 1. The molecule has 0 bridgehead atoms. The highest BCUT2D eigenvalue weighted by molar-refractivity contribution is 7.98. The highest BCUT2D eigenvalue weighted by Gasteiger charge is 2.16. The Balaban J connectivity index is 1.58. The molecule has 1 aliphatic rings. The summed E-state index contributed by atoms with van der Waals surface area (Å²) in [5.41, 5.74) is 1.09. The van der Waals surface area contributed by atoms with Crippen molar-refractivity contribution in [2.75, 3.05) is 6.61 Å². The molecular weight excluding hydrogens is 298 g/mol. The average molecular weight is 321 g/mol. The van der Waals surface area contributed by atoms with Crippen molar-refractivity contribution in [3.05, 3.63) is 23.8 Å². The zero-order valence-corrected chi connectivity index (χ0v) is 13.8.